The molecule has 4 rings (SSSR count). The largest absolute Gasteiger partial charge is 0.493 e. The molecule has 1 aromatic heterocycles. The summed E-state index contributed by atoms with van der Waals surface area (Å²) in [4.78, 5) is 17.3. The van der Waals surface area contributed by atoms with Gasteiger partial charge in [0.1, 0.15) is 0 Å². The molecule has 152 valence electrons. The second-order valence-electron chi connectivity index (χ2n) is 6.74. The van der Waals surface area contributed by atoms with Gasteiger partial charge in [-0.15, -0.1) is 0 Å². The average molecular weight is 466 g/mol. The zero-order chi connectivity index (χ0) is 21.1. The summed E-state index contributed by atoms with van der Waals surface area (Å²) < 4.78 is 12.1. The number of aromatic nitrogens is 1. The minimum absolute atomic E-state index is 0.195. The Morgan fingerprint density at radius 1 is 1.03 bits per heavy atom. The van der Waals surface area contributed by atoms with Crippen LogP contribution in [0.3, 0.4) is 0 Å². The van der Waals surface area contributed by atoms with Crippen molar-refractivity contribution in [3.8, 4) is 11.5 Å². The number of pyridine rings is 1. The monoisotopic (exact) mass is 465 g/mol. The average Bonchev–Trinajstić information content (AvgIpc) is 3.24. The number of methoxy groups -OCH3 is 2. The maximum Gasteiger partial charge on any atom is 0.274 e. The highest BCUT2D eigenvalue weighted by Gasteiger charge is 2.36. The molecule has 0 saturated heterocycles. The second-order valence-corrected chi connectivity index (χ2v) is 7.66. The molecule has 1 amide bonds. The first kappa shape index (κ1) is 20.1. The molecular formula is C23H20BrN3O3. The van der Waals surface area contributed by atoms with Gasteiger partial charge in [0.05, 0.1) is 26.0 Å². The van der Waals surface area contributed by atoms with E-state index in [1.165, 1.54) is 5.01 Å². The molecule has 1 aliphatic rings. The number of hydrogen-bond acceptors (Lipinski definition) is 5. The van der Waals surface area contributed by atoms with Gasteiger partial charge in [0.2, 0.25) is 0 Å². The van der Waals surface area contributed by atoms with Crippen molar-refractivity contribution in [2.45, 2.75) is 12.5 Å². The maximum atomic E-state index is 13.3. The Kier molecular flexibility index (Phi) is 5.81. The lowest BCUT2D eigenvalue weighted by Gasteiger charge is -2.24. The third kappa shape index (κ3) is 3.80. The van der Waals surface area contributed by atoms with Gasteiger partial charge in [-0.1, -0.05) is 40.2 Å². The molecule has 1 aliphatic heterocycles. The summed E-state index contributed by atoms with van der Waals surface area (Å²) in [5, 5.41) is 6.25. The molecular weight excluding hydrogens is 446 g/mol. The molecule has 0 spiro atoms. The Labute approximate surface area is 183 Å². The van der Waals surface area contributed by atoms with Gasteiger partial charge in [-0.2, -0.15) is 5.10 Å². The predicted molar refractivity (Wildman–Crippen MR) is 118 cm³/mol. The molecule has 3 aromatic rings. The quantitative estimate of drug-likeness (QED) is 0.539. The fourth-order valence-corrected chi connectivity index (χ4v) is 3.82. The Bertz CT molecular complexity index is 1080. The number of carbonyl (C=O) groups excluding carboxylic acids is 1. The van der Waals surface area contributed by atoms with Crippen LogP contribution in [0.2, 0.25) is 0 Å². The number of para-hydroxylation sites is 1. The summed E-state index contributed by atoms with van der Waals surface area (Å²) in [6.45, 7) is 0. The van der Waals surface area contributed by atoms with Crippen LogP contribution in [0, 0.1) is 0 Å². The smallest absolute Gasteiger partial charge is 0.274 e. The molecule has 7 heteroatoms. The second kappa shape index (κ2) is 8.67. The van der Waals surface area contributed by atoms with Crippen LogP contribution >= 0.6 is 15.9 Å². The lowest BCUT2D eigenvalue weighted by molar-refractivity contribution is 0.0709. The molecule has 2 aromatic carbocycles. The lowest BCUT2D eigenvalue weighted by atomic mass is 9.97. The molecule has 0 aliphatic carbocycles. The van der Waals surface area contributed by atoms with E-state index in [1.807, 2.05) is 42.5 Å². The molecule has 2 heterocycles. The van der Waals surface area contributed by atoms with E-state index in [9.17, 15) is 4.79 Å². The van der Waals surface area contributed by atoms with Gasteiger partial charge >= 0.3 is 0 Å². The topological polar surface area (TPSA) is 64.0 Å². The minimum Gasteiger partial charge on any atom is -0.493 e. The van der Waals surface area contributed by atoms with Crippen molar-refractivity contribution in [3.05, 3.63) is 88.2 Å². The zero-order valence-electron chi connectivity index (χ0n) is 16.6. The SMILES string of the molecule is COc1cccc([C@@H]2CC(c3ccc(Br)cc3)=NN2C(=O)c2ccncc2)c1OC. The third-order valence-electron chi connectivity index (χ3n) is 5.02. The van der Waals surface area contributed by atoms with E-state index in [4.69, 9.17) is 14.6 Å². The van der Waals surface area contributed by atoms with Crippen LogP contribution in [0.1, 0.15) is 33.9 Å². The molecule has 0 fully saturated rings. The van der Waals surface area contributed by atoms with E-state index in [-0.39, 0.29) is 11.9 Å². The van der Waals surface area contributed by atoms with Crippen molar-refractivity contribution in [3.63, 3.8) is 0 Å². The summed E-state index contributed by atoms with van der Waals surface area (Å²) in [6.07, 6.45) is 3.76. The van der Waals surface area contributed by atoms with Crippen LogP contribution in [-0.4, -0.2) is 35.8 Å². The van der Waals surface area contributed by atoms with Crippen LogP contribution in [0.15, 0.2) is 76.6 Å². The van der Waals surface area contributed by atoms with Crippen molar-refractivity contribution in [2.75, 3.05) is 14.2 Å². The van der Waals surface area contributed by atoms with Gasteiger partial charge in [-0.3, -0.25) is 9.78 Å². The highest BCUT2D eigenvalue weighted by atomic mass is 79.9. The third-order valence-corrected chi connectivity index (χ3v) is 5.54. The molecule has 0 saturated carbocycles. The predicted octanol–water partition coefficient (Wildman–Crippen LogP) is 4.85. The molecule has 0 bridgehead atoms. The maximum absolute atomic E-state index is 13.3. The van der Waals surface area contributed by atoms with E-state index in [2.05, 4.69) is 20.9 Å². The Balaban J connectivity index is 1.79. The minimum atomic E-state index is -0.325. The lowest BCUT2D eigenvalue weighted by Crippen LogP contribution is -2.27. The van der Waals surface area contributed by atoms with Gasteiger partial charge in [0, 0.05) is 34.4 Å². The summed E-state index contributed by atoms with van der Waals surface area (Å²) in [6, 6.07) is 16.6. The fraction of sp³-hybridized carbons (Fsp3) is 0.174. The molecule has 1 atom stereocenters. The Morgan fingerprint density at radius 3 is 2.43 bits per heavy atom. The number of carbonyl (C=O) groups is 1. The van der Waals surface area contributed by atoms with Crippen molar-refractivity contribution in [1.82, 2.24) is 9.99 Å². The zero-order valence-corrected chi connectivity index (χ0v) is 18.2. The van der Waals surface area contributed by atoms with Crippen molar-refractivity contribution in [2.24, 2.45) is 5.10 Å². The van der Waals surface area contributed by atoms with Gasteiger partial charge in [-0.05, 0) is 35.9 Å². The summed E-state index contributed by atoms with van der Waals surface area (Å²) in [7, 11) is 3.20. The van der Waals surface area contributed by atoms with Crippen molar-refractivity contribution in [1.29, 1.82) is 0 Å². The van der Waals surface area contributed by atoms with E-state index in [0.29, 0.717) is 23.5 Å². The number of rotatable bonds is 5. The first-order chi connectivity index (χ1) is 14.6. The Hall–Kier alpha value is -3.19. The van der Waals surface area contributed by atoms with Gasteiger partial charge in [0.15, 0.2) is 11.5 Å². The highest BCUT2D eigenvalue weighted by molar-refractivity contribution is 9.10. The number of amides is 1. The number of hydrogen-bond donors (Lipinski definition) is 0. The fourth-order valence-electron chi connectivity index (χ4n) is 3.56. The normalized spacial score (nSPS) is 15.6. The van der Waals surface area contributed by atoms with E-state index in [1.54, 1.807) is 38.7 Å². The molecule has 0 unspecified atom stereocenters. The number of benzene rings is 2. The van der Waals surface area contributed by atoms with Crippen LogP contribution in [0.5, 0.6) is 11.5 Å². The van der Waals surface area contributed by atoms with Crippen LogP contribution in [0.4, 0.5) is 0 Å². The van der Waals surface area contributed by atoms with Gasteiger partial charge in [-0.25, -0.2) is 5.01 Å². The number of ether oxygens (including phenoxy) is 2. The highest BCUT2D eigenvalue weighted by Crippen LogP contribution is 2.42. The molecule has 0 N–H and O–H groups in total. The van der Waals surface area contributed by atoms with Crippen LogP contribution < -0.4 is 9.47 Å². The van der Waals surface area contributed by atoms with Gasteiger partial charge < -0.3 is 9.47 Å². The summed E-state index contributed by atoms with van der Waals surface area (Å²) >= 11 is 3.46. The van der Waals surface area contributed by atoms with Crippen LogP contribution in [-0.2, 0) is 0 Å². The van der Waals surface area contributed by atoms with Crippen LogP contribution in [0.25, 0.3) is 0 Å². The molecule has 0 radical (unpaired) electrons. The van der Waals surface area contributed by atoms with Crippen molar-refractivity contribution < 1.29 is 14.3 Å². The molecule has 6 nitrogen and oxygen atoms in total. The van der Waals surface area contributed by atoms with E-state index < -0.39 is 0 Å². The number of hydrazone groups is 1. The van der Waals surface area contributed by atoms with Gasteiger partial charge in [0.25, 0.3) is 5.91 Å². The standard InChI is InChI=1S/C23H20BrN3O3/c1-29-21-5-3-4-18(22(21)30-2)20-14-19(15-6-8-17(24)9-7-15)26-27(20)23(28)16-10-12-25-13-11-16/h3-13,20H,14H2,1-2H3/t20-/m0/s1. The van der Waals surface area contributed by atoms with E-state index >= 15 is 0 Å². The first-order valence-electron chi connectivity index (χ1n) is 9.40. The van der Waals surface area contributed by atoms with E-state index in [0.717, 1.165) is 21.3 Å². The summed E-state index contributed by atoms with van der Waals surface area (Å²) in [5.41, 5.74) is 3.17. The summed E-state index contributed by atoms with van der Waals surface area (Å²) in [5.74, 6) is 1.02. The van der Waals surface area contributed by atoms with Crippen molar-refractivity contribution >= 4 is 27.5 Å². The first-order valence-corrected chi connectivity index (χ1v) is 10.2. The number of halogens is 1. The molecule has 30 heavy (non-hydrogen) atoms. The Morgan fingerprint density at radius 2 is 1.77 bits per heavy atom. The number of nitrogens with zero attached hydrogens (tertiary/aromatic N) is 3.